The summed E-state index contributed by atoms with van der Waals surface area (Å²) in [6.07, 6.45) is 2.19. The molecular weight excluding hydrogens is 327 g/mol. The van der Waals surface area contributed by atoms with Gasteiger partial charge in [-0.3, -0.25) is 9.59 Å². The van der Waals surface area contributed by atoms with E-state index in [1.165, 1.54) is 0 Å². The van der Waals surface area contributed by atoms with Crippen LogP contribution in [0.3, 0.4) is 0 Å². The number of carbonyl (C=O) groups is 2. The van der Waals surface area contributed by atoms with Crippen LogP contribution >= 0.6 is 23.2 Å². The predicted octanol–water partition coefficient (Wildman–Crippen LogP) is 4.20. The highest BCUT2D eigenvalue weighted by Gasteiger charge is 2.08. The Morgan fingerprint density at radius 3 is 2.27 bits per heavy atom. The van der Waals surface area contributed by atoms with E-state index in [0.717, 1.165) is 12.0 Å². The minimum absolute atomic E-state index is 0.204. The number of rotatable bonds is 9. The molecule has 0 aliphatic carbocycles. The predicted molar refractivity (Wildman–Crippen MR) is 86.2 cm³/mol. The number of hydrogen-bond donors (Lipinski definition) is 0. The van der Waals surface area contributed by atoms with Crippen molar-refractivity contribution in [1.82, 2.24) is 0 Å². The zero-order chi connectivity index (χ0) is 16.4. The fourth-order valence-electron chi connectivity index (χ4n) is 1.74. The maximum absolute atomic E-state index is 11.5. The topological polar surface area (TPSA) is 52.6 Å². The summed E-state index contributed by atoms with van der Waals surface area (Å²) in [4.78, 5) is 22.8. The second-order valence-corrected chi connectivity index (χ2v) is 5.62. The average Bonchev–Trinajstić information content (AvgIpc) is 2.47. The van der Waals surface area contributed by atoms with Crippen molar-refractivity contribution in [3.05, 3.63) is 33.8 Å². The average molecular weight is 347 g/mol. The summed E-state index contributed by atoms with van der Waals surface area (Å²) in [6, 6.07) is 5.21. The molecule has 6 heteroatoms. The molecule has 0 saturated heterocycles. The molecule has 1 aromatic rings. The molecule has 0 aliphatic rings. The van der Waals surface area contributed by atoms with Crippen molar-refractivity contribution < 1.29 is 19.1 Å². The Balaban J connectivity index is 2.17. The molecule has 122 valence electrons. The van der Waals surface area contributed by atoms with Crippen molar-refractivity contribution in [3.8, 4) is 0 Å². The lowest BCUT2D eigenvalue weighted by atomic mass is 10.1. The maximum Gasteiger partial charge on any atom is 0.305 e. The van der Waals surface area contributed by atoms with Crippen LogP contribution < -0.4 is 0 Å². The first-order valence-corrected chi connectivity index (χ1v) is 8.03. The molecule has 22 heavy (non-hydrogen) atoms. The van der Waals surface area contributed by atoms with E-state index in [0.29, 0.717) is 29.5 Å². The van der Waals surface area contributed by atoms with Gasteiger partial charge in [0.2, 0.25) is 0 Å². The second-order valence-electron chi connectivity index (χ2n) is 4.78. The van der Waals surface area contributed by atoms with E-state index in [2.05, 4.69) is 0 Å². The number of carbonyl (C=O) groups excluding carboxylic acids is 2. The Morgan fingerprint density at radius 1 is 1.05 bits per heavy atom. The second kappa shape index (κ2) is 10.5. The first-order valence-electron chi connectivity index (χ1n) is 7.28. The molecule has 1 rings (SSSR count). The molecule has 0 bridgehead atoms. The molecule has 0 saturated carbocycles. The van der Waals surface area contributed by atoms with Crippen LogP contribution in [0.15, 0.2) is 18.2 Å². The lowest BCUT2D eigenvalue weighted by molar-refractivity contribution is -0.145. The summed E-state index contributed by atoms with van der Waals surface area (Å²) in [5.74, 6) is -0.601. The summed E-state index contributed by atoms with van der Waals surface area (Å²) < 4.78 is 10.0. The van der Waals surface area contributed by atoms with E-state index in [1.54, 1.807) is 12.1 Å². The third-order valence-electron chi connectivity index (χ3n) is 2.88. The van der Waals surface area contributed by atoms with Crippen LogP contribution in [0.2, 0.25) is 10.0 Å². The summed E-state index contributed by atoms with van der Waals surface area (Å²) in [7, 11) is 0. The van der Waals surface area contributed by atoms with Gasteiger partial charge in [0, 0.05) is 29.3 Å². The van der Waals surface area contributed by atoms with Gasteiger partial charge >= 0.3 is 11.9 Å². The molecule has 0 spiro atoms. The number of ether oxygens (including phenoxy) is 2. The number of halogens is 2. The molecule has 0 amide bonds. The van der Waals surface area contributed by atoms with Crippen molar-refractivity contribution in [2.75, 3.05) is 13.2 Å². The Bertz CT molecular complexity index is 503. The number of hydrogen-bond acceptors (Lipinski definition) is 4. The van der Waals surface area contributed by atoms with Gasteiger partial charge in [-0.05, 0) is 30.5 Å². The first-order chi connectivity index (χ1) is 10.5. The van der Waals surface area contributed by atoms with Crippen LogP contribution in [-0.4, -0.2) is 25.2 Å². The summed E-state index contributed by atoms with van der Waals surface area (Å²) in [6.45, 7) is 2.60. The Labute approximate surface area is 140 Å². The highest BCUT2D eigenvalue weighted by molar-refractivity contribution is 6.35. The highest BCUT2D eigenvalue weighted by Crippen LogP contribution is 2.21. The van der Waals surface area contributed by atoms with Crippen LogP contribution in [-0.2, 0) is 25.5 Å². The van der Waals surface area contributed by atoms with E-state index in [-0.39, 0.29) is 31.4 Å². The van der Waals surface area contributed by atoms with Gasteiger partial charge < -0.3 is 9.47 Å². The summed E-state index contributed by atoms with van der Waals surface area (Å²) in [5.41, 5.74) is 0.877. The molecule has 0 fully saturated rings. The van der Waals surface area contributed by atoms with Crippen LogP contribution in [0.25, 0.3) is 0 Å². The van der Waals surface area contributed by atoms with Gasteiger partial charge in [0.05, 0.1) is 13.2 Å². The molecule has 4 nitrogen and oxygen atoms in total. The van der Waals surface area contributed by atoms with Crippen molar-refractivity contribution in [2.45, 2.75) is 39.0 Å². The first kappa shape index (κ1) is 18.8. The molecule has 0 aromatic heterocycles. The molecule has 0 atom stereocenters. The standard InChI is InChI=1S/C16H20Cl2O4/c1-2-9-21-15(19)4-3-5-16(20)22-10-8-12-6-7-13(17)11-14(12)18/h6-7,11H,2-5,8-10H2,1H3. The zero-order valence-corrected chi connectivity index (χ0v) is 14.1. The van der Waals surface area contributed by atoms with Gasteiger partial charge in [0.1, 0.15) is 0 Å². The quantitative estimate of drug-likeness (QED) is 0.628. The van der Waals surface area contributed by atoms with Crippen LogP contribution in [0.4, 0.5) is 0 Å². The van der Waals surface area contributed by atoms with Gasteiger partial charge in [-0.15, -0.1) is 0 Å². The van der Waals surface area contributed by atoms with Crippen LogP contribution in [0.1, 0.15) is 38.2 Å². The zero-order valence-electron chi connectivity index (χ0n) is 12.6. The lowest BCUT2D eigenvalue weighted by Crippen LogP contribution is -2.10. The van der Waals surface area contributed by atoms with E-state index in [1.807, 2.05) is 13.0 Å². The van der Waals surface area contributed by atoms with Crippen molar-refractivity contribution in [3.63, 3.8) is 0 Å². The van der Waals surface area contributed by atoms with Gasteiger partial charge in [0.25, 0.3) is 0 Å². The monoisotopic (exact) mass is 346 g/mol. The van der Waals surface area contributed by atoms with Crippen molar-refractivity contribution in [1.29, 1.82) is 0 Å². The van der Waals surface area contributed by atoms with Crippen LogP contribution in [0, 0.1) is 0 Å². The summed E-state index contributed by atoms with van der Waals surface area (Å²) >= 11 is 11.8. The van der Waals surface area contributed by atoms with E-state index < -0.39 is 0 Å². The summed E-state index contributed by atoms with van der Waals surface area (Å²) in [5, 5.41) is 1.13. The fourth-order valence-corrected chi connectivity index (χ4v) is 2.24. The molecule has 0 N–H and O–H groups in total. The minimum Gasteiger partial charge on any atom is -0.466 e. The highest BCUT2D eigenvalue weighted by atomic mass is 35.5. The van der Waals surface area contributed by atoms with E-state index in [4.69, 9.17) is 32.7 Å². The van der Waals surface area contributed by atoms with Gasteiger partial charge in [-0.25, -0.2) is 0 Å². The Morgan fingerprint density at radius 2 is 1.68 bits per heavy atom. The largest absolute Gasteiger partial charge is 0.466 e. The van der Waals surface area contributed by atoms with Crippen LogP contribution in [0.5, 0.6) is 0 Å². The molecule has 0 unspecified atom stereocenters. The van der Waals surface area contributed by atoms with Gasteiger partial charge in [0.15, 0.2) is 0 Å². The van der Waals surface area contributed by atoms with E-state index in [9.17, 15) is 9.59 Å². The van der Waals surface area contributed by atoms with Gasteiger partial charge in [-0.1, -0.05) is 36.2 Å². The number of esters is 2. The normalized spacial score (nSPS) is 10.3. The third-order valence-corrected chi connectivity index (χ3v) is 3.47. The van der Waals surface area contributed by atoms with E-state index >= 15 is 0 Å². The van der Waals surface area contributed by atoms with Crippen molar-refractivity contribution in [2.24, 2.45) is 0 Å². The molecular formula is C16H20Cl2O4. The fraction of sp³-hybridized carbons (Fsp3) is 0.500. The minimum atomic E-state index is -0.326. The Kier molecular flexibility index (Phi) is 8.94. The number of benzene rings is 1. The molecule has 0 heterocycles. The molecule has 0 aliphatic heterocycles. The Hall–Kier alpha value is -1.26. The smallest absolute Gasteiger partial charge is 0.305 e. The van der Waals surface area contributed by atoms with Crippen molar-refractivity contribution >= 4 is 35.1 Å². The van der Waals surface area contributed by atoms with Gasteiger partial charge in [-0.2, -0.15) is 0 Å². The lowest BCUT2D eigenvalue weighted by Gasteiger charge is -2.07. The third kappa shape index (κ3) is 7.66. The maximum atomic E-state index is 11.5. The molecule has 1 aromatic carbocycles. The SMILES string of the molecule is CCCOC(=O)CCCC(=O)OCCc1ccc(Cl)cc1Cl. The molecule has 0 radical (unpaired) electrons.